The minimum atomic E-state index is -1.52. The lowest BCUT2D eigenvalue weighted by Crippen LogP contribution is -2.29. The molecule has 0 radical (unpaired) electrons. The van der Waals surface area contributed by atoms with Crippen LogP contribution in [0.5, 0.6) is 0 Å². The molecule has 0 saturated heterocycles. The average molecular weight is 416 g/mol. The zero-order chi connectivity index (χ0) is 22.3. The predicted molar refractivity (Wildman–Crippen MR) is 131 cm³/mol. The van der Waals surface area contributed by atoms with Crippen LogP contribution < -0.4 is 10.4 Å². The predicted octanol–water partition coefficient (Wildman–Crippen LogP) is 4.90. The summed E-state index contributed by atoms with van der Waals surface area (Å²) in [6, 6.07) is 37.2. The Kier molecular flexibility index (Phi) is 6.47. The summed E-state index contributed by atoms with van der Waals surface area (Å²) in [7, 11) is -1.52. The molecule has 32 heavy (non-hydrogen) atoms. The van der Waals surface area contributed by atoms with Crippen LogP contribution in [-0.4, -0.2) is 17.2 Å². The van der Waals surface area contributed by atoms with Crippen molar-refractivity contribution in [2.45, 2.75) is 0 Å². The summed E-state index contributed by atoms with van der Waals surface area (Å²) in [6.45, 7) is 0. The first-order valence-electron chi connectivity index (χ1n) is 10.2. The van der Waals surface area contributed by atoms with Crippen molar-refractivity contribution in [1.82, 2.24) is 0 Å². The van der Waals surface area contributed by atoms with Crippen LogP contribution in [0.1, 0.15) is 11.1 Å². The quantitative estimate of drug-likeness (QED) is 0.267. The van der Waals surface area contributed by atoms with Crippen LogP contribution in [0.2, 0.25) is 0 Å². The molecule has 2 N–H and O–H groups in total. The highest BCUT2D eigenvalue weighted by Crippen LogP contribution is 2.34. The van der Waals surface area contributed by atoms with Crippen molar-refractivity contribution in [2.24, 2.45) is 0 Å². The van der Waals surface area contributed by atoms with Crippen molar-refractivity contribution >= 4 is 41.3 Å². The molecule has 4 aromatic carbocycles. The Bertz CT molecular complexity index is 1190. The molecule has 0 atom stereocenters. The summed E-state index contributed by atoms with van der Waals surface area (Å²) in [5, 5.41) is 28.1. The standard InChI is InChI=1S/C27H21BN2O2/c29-20-23(22-13-15-24(16-14-22)28(31)32)19-21-11-17-27(18-12-21)30(25-7-3-1-4-8-25)26-9-5-2-6-10-26/h1-19,31-32H/b23-19-. The third-order valence-corrected chi connectivity index (χ3v) is 5.13. The SMILES string of the molecule is N#C/C(=C/c1ccc(N(c2ccccc2)c2ccccc2)cc1)c1ccc(B(O)O)cc1. The second-order valence-corrected chi connectivity index (χ2v) is 7.26. The number of benzene rings is 4. The Morgan fingerprint density at radius 1 is 0.688 bits per heavy atom. The summed E-state index contributed by atoms with van der Waals surface area (Å²) in [6.07, 6.45) is 1.82. The molecule has 4 nitrogen and oxygen atoms in total. The van der Waals surface area contributed by atoms with E-state index in [1.165, 1.54) is 0 Å². The van der Waals surface area contributed by atoms with Crippen molar-refractivity contribution in [3.05, 3.63) is 120 Å². The highest BCUT2D eigenvalue weighted by atomic mass is 16.4. The van der Waals surface area contributed by atoms with Crippen molar-refractivity contribution in [3.63, 3.8) is 0 Å². The molecule has 0 aliphatic heterocycles. The summed E-state index contributed by atoms with van der Waals surface area (Å²) in [5.41, 5.74) is 5.64. The van der Waals surface area contributed by atoms with Crippen molar-refractivity contribution in [1.29, 1.82) is 5.26 Å². The fourth-order valence-corrected chi connectivity index (χ4v) is 3.50. The van der Waals surface area contributed by atoms with Crippen LogP contribution >= 0.6 is 0 Å². The van der Waals surface area contributed by atoms with E-state index in [1.54, 1.807) is 24.3 Å². The van der Waals surface area contributed by atoms with Gasteiger partial charge in [-0.25, -0.2) is 0 Å². The van der Waals surface area contributed by atoms with Gasteiger partial charge in [0.05, 0.1) is 11.6 Å². The van der Waals surface area contributed by atoms with E-state index in [2.05, 4.69) is 35.2 Å². The molecule has 154 valence electrons. The van der Waals surface area contributed by atoms with Gasteiger partial charge in [-0.15, -0.1) is 0 Å². The van der Waals surface area contributed by atoms with Gasteiger partial charge in [0.15, 0.2) is 0 Å². The molecule has 4 rings (SSSR count). The molecule has 0 aromatic heterocycles. The maximum absolute atomic E-state index is 9.63. The maximum Gasteiger partial charge on any atom is 0.488 e. The highest BCUT2D eigenvalue weighted by Gasteiger charge is 2.12. The second-order valence-electron chi connectivity index (χ2n) is 7.26. The van der Waals surface area contributed by atoms with Gasteiger partial charge in [0, 0.05) is 17.1 Å². The lowest BCUT2D eigenvalue weighted by molar-refractivity contribution is 0.426. The Morgan fingerprint density at radius 2 is 1.19 bits per heavy atom. The number of para-hydroxylation sites is 2. The van der Waals surface area contributed by atoms with Crippen LogP contribution in [0.25, 0.3) is 11.6 Å². The molecule has 0 aliphatic rings. The molecule has 0 saturated carbocycles. The molecule has 0 heterocycles. The van der Waals surface area contributed by atoms with E-state index in [-0.39, 0.29) is 0 Å². The lowest BCUT2D eigenvalue weighted by Gasteiger charge is -2.25. The summed E-state index contributed by atoms with van der Waals surface area (Å²) in [5.74, 6) is 0. The number of nitriles is 1. The summed E-state index contributed by atoms with van der Waals surface area (Å²) < 4.78 is 0. The van der Waals surface area contributed by atoms with E-state index in [1.807, 2.05) is 66.7 Å². The molecule has 0 fully saturated rings. The van der Waals surface area contributed by atoms with E-state index in [4.69, 9.17) is 0 Å². The van der Waals surface area contributed by atoms with Crippen LogP contribution in [0.4, 0.5) is 17.1 Å². The van der Waals surface area contributed by atoms with Gasteiger partial charge in [-0.3, -0.25) is 0 Å². The maximum atomic E-state index is 9.63. The van der Waals surface area contributed by atoms with Crippen LogP contribution in [-0.2, 0) is 0 Å². The summed E-state index contributed by atoms with van der Waals surface area (Å²) in [4.78, 5) is 2.18. The van der Waals surface area contributed by atoms with E-state index >= 15 is 0 Å². The molecule has 0 unspecified atom stereocenters. The molecular formula is C27H21BN2O2. The van der Waals surface area contributed by atoms with Gasteiger partial charge < -0.3 is 14.9 Å². The Labute approximate surface area is 188 Å². The van der Waals surface area contributed by atoms with E-state index < -0.39 is 7.12 Å². The average Bonchev–Trinajstić information content (AvgIpc) is 2.85. The number of anilines is 3. The van der Waals surface area contributed by atoms with Crippen molar-refractivity contribution in [3.8, 4) is 6.07 Å². The first-order valence-corrected chi connectivity index (χ1v) is 10.2. The molecular weight excluding hydrogens is 395 g/mol. The van der Waals surface area contributed by atoms with Crippen LogP contribution in [0.3, 0.4) is 0 Å². The van der Waals surface area contributed by atoms with Gasteiger partial charge in [-0.05, 0) is 59.1 Å². The molecule has 5 heteroatoms. The molecule has 0 spiro atoms. The first kappa shape index (κ1) is 21.1. The molecule has 0 amide bonds. The van der Waals surface area contributed by atoms with Gasteiger partial charge in [0.25, 0.3) is 0 Å². The number of allylic oxidation sites excluding steroid dienone is 1. The third kappa shape index (κ3) is 4.79. The number of hydrogen-bond acceptors (Lipinski definition) is 4. The molecule has 0 bridgehead atoms. The Balaban J connectivity index is 1.65. The first-order chi connectivity index (χ1) is 15.7. The number of hydrogen-bond donors (Lipinski definition) is 2. The topological polar surface area (TPSA) is 67.5 Å². The smallest absolute Gasteiger partial charge is 0.423 e. The third-order valence-electron chi connectivity index (χ3n) is 5.13. The van der Waals surface area contributed by atoms with Gasteiger partial charge in [0.1, 0.15) is 0 Å². The van der Waals surface area contributed by atoms with E-state index in [9.17, 15) is 15.3 Å². The lowest BCUT2D eigenvalue weighted by atomic mass is 9.80. The Hall–Kier alpha value is -4.11. The minimum absolute atomic E-state index is 0.386. The number of nitrogens with zero attached hydrogens (tertiary/aromatic N) is 2. The van der Waals surface area contributed by atoms with Gasteiger partial charge in [-0.2, -0.15) is 5.26 Å². The van der Waals surface area contributed by atoms with Gasteiger partial charge >= 0.3 is 7.12 Å². The van der Waals surface area contributed by atoms with E-state index in [0.29, 0.717) is 11.0 Å². The van der Waals surface area contributed by atoms with Gasteiger partial charge in [0.2, 0.25) is 0 Å². The van der Waals surface area contributed by atoms with Crippen molar-refractivity contribution in [2.75, 3.05) is 4.90 Å². The minimum Gasteiger partial charge on any atom is -0.423 e. The normalized spacial score (nSPS) is 11.0. The summed E-state index contributed by atoms with van der Waals surface area (Å²) >= 11 is 0. The fourth-order valence-electron chi connectivity index (χ4n) is 3.50. The van der Waals surface area contributed by atoms with Crippen molar-refractivity contribution < 1.29 is 10.0 Å². The monoisotopic (exact) mass is 416 g/mol. The van der Waals surface area contributed by atoms with Crippen LogP contribution in [0.15, 0.2) is 109 Å². The fraction of sp³-hybridized carbons (Fsp3) is 0. The largest absolute Gasteiger partial charge is 0.488 e. The second kappa shape index (κ2) is 9.80. The highest BCUT2D eigenvalue weighted by molar-refractivity contribution is 6.58. The zero-order valence-electron chi connectivity index (χ0n) is 17.3. The van der Waals surface area contributed by atoms with Gasteiger partial charge in [-0.1, -0.05) is 72.8 Å². The zero-order valence-corrected chi connectivity index (χ0v) is 17.3. The van der Waals surface area contributed by atoms with E-state index in [0.717, 1.165) is 28.2 Å². The van der Waals surface area contributed by atoms with Crippen LogP contribution in [0, 0.1) is 11.3 Å². The molecule has 0 aliphatic carbocycles. The number of rotatable bonds is 6. The Morgan fingerprint density at radius 3 is 1.66 bits per heavy atom. The molecule has 4 aromatic rings.